The van der Waals surface area contributed by atoms with Crippen molar-refractivity contribution in [3.63, 3.8) is 0 Å². The molecule has 0 saturated heterocycles. The van der Waals surface area contributed by atoms with E-state index in [4.69, 9.17) is 0 Å². The molecule has 0 aliphatic rings. The first-order chi connectivity index (χ1) is 9.45. The Balaban J connectivity index is 2.46. The third kappa shape index (κ3) is 2.48. The average Bonchev–Trinajstić information content (AvgIpc) is 2.86. The van der Waals surface area contributed by atoms with Crippen LogP contribution in [0.5, 0.6) is 0 Å². The molecule has 1 heterocycles. The van der Waals surface area contributed by atoms with E-state index in [1.807, 2.05) is 31.2 Å². The van der Waals surface area contributed by atoms with Gasteiger partial charge in [-0.05, 0) is 37.0 Å². The summed E-state index contributed by atoms with van der Waals surface area (Å²) in [5.41, 5.74) is 7.32. The van der Waals surface area contributed by atoms with Crippen molar-refractivity contribution in [2.75, 3.05) is 11.9 Å². The Labute approximate surface area is 121 Å². The summed E-state index contributed by atoms with van der Waals surface area (Å²) in [7, 11) is 3.97. The maximum Gasteiger partial charge on any atom is 0.0794 e. The SMILES string of the molecule is C=C(c1c(C)ccc(C)c1CC)N(C)c1cnn(C)c1. The third-order valence-corrected chi connectivity index (χ3v) is 3.88. The average molecular weight is 269 g/mol. The Morgan fingerprint density at radius 3 is 2.50 bits per heavy atom. The van der Waals surface area contributed by atoms with Gasteiger partial charge in [-0.2, -0.15) is 5.10 Å². The van der Waals surface area contributed by atoms with Gasteiger partial charge in [0, 0.05) is 31.6 Å². The summed E-state index contributed by atoms with van der Waals surface area (Å²) in [6.07, 6.45) is 4.88. The van der Waals surface area contributed by atoms with Crippen molar-refractivity contribution in [1.82, 2.24) is 9.78 Å². The number of nitrogens with zero attached hydrogens (tertiary/aromatic N) is 3. The molecule has 2 aromatic rings. The fourth-order valence-corrected chi connectivity index (χ4v) is 2.63. The number of anilines is 1. The van der Waals surface area contributed by atoms with Crippen molar-refractivity contribution in [2.24, 2.45) is 7.05 Å². The molecule has 0 N–H and O–H groups in total. The molecule has 0 aliphatic carbocycles. The summed E-state index contributed by atoms with van der Waals surface area (Å²) in [5, 5.41) is 4.23. The molecule has 2 rings (SSSR count). The van der Waals surface area contributed by atoms with E-state index in [0.29, 0.717) is 0 Å². The molecule has 0 bridgehead atoms. The fraction of sp³-hybridized carbons (Fsp3) is 0.353. The lowest BCUT2D eigenvalue weighted by Crippen LogP contribution is -2.16. The Hall–Kier alpha value is -2.03. The molecule has 0 saturated carbocycles. The van der Waals surface area contributed by atoms with Gasteiger partial charge in [-0.25, -0.2) is 0 Å². The molecule has 0 radical (unpaired) electrons. The summed E-state index contributed by atoms with van der Waals surface area (Å²) in [6.45, 7) is 10.8. The first kappa shape index (κ1) is 14.4. The van der Waals surface area contributed by atoms with Crippen LogP contribution >= 0.6 is 0 Å². The highest BCUT2D eigenvalue weighted by molar-refractivity contribution is 5.80. The normalized spacial score (nSPS) is 10.7. The molecule has 106 valence electrons. The molecule has 0 unspecified atom stereocenters. The number of hydrogen-bond donors (Lipinski definition) is 0. The second-order valence-electron chi connectivity index (χ2n) is 5.28. The predicted octanol–water partition coefficient (Wildman–Crippen LogP) is 3.71. The second-order valence-corrected chi connectivity index (χ2v) is 5.28. The second kappa shape index (κ2) is 5.53. The van der Waals surface area contributed by atoms with E-state index >= 15 is 0 Å². The van der Waals surface area contributed by atoms with Gasteiger partial charge in [0.15, 0.2) is 0 Å². The van der Waals surface area contributed by atoms with E-state index < -0.39 is 0 Å². The van der Waals surface area contributed by atoms with Gasteiger partial charge in [0.25, 0.3) is 0 Å². The number of benzene rings is 1. The highest BCUT2D eigenvalue weighted by Crippen LogP contribution is 2.30. The van der Waals surface area contributed by atoms with Crippen LogP contribution in [0, 0.1) is 13.8 Å². The van der Waals surface area contributed by atoms with Crippen LogP contribution < -0.4 is 4.90 Å². The van der Waals surface area contributed by atoms with Crippen LogP contribution in [0.15, 0.2) is 31.1 Å². The van der Waals surface area contributed by atoms with Crippen LogP contribution in [0.3, 0.4) is 0 Å². The van der Waals surface area contributed by atoms with Gasteiger partial charge in [-0.1, -0.05) is 25.6 Å². The van der Waals surface area contributed by atoms with Gasteiger partial charge >= 0.3 is 0 Å². The first-order valence-electron chi connectivity index (χ1n) is 6.96. The molecule has 0 aliphatic heterocycles. The van der Waals surface area contributed by atoms with E-state index in [9.17, 15) is 0 Å². The quantitative estimate of drug-likeness (QED) is 0.843. The molecule has 0 fully saturated rings. The number of aryl methyl sites for hydroxylation is 3. The van der Waals surface area contributed by atoms with Crippen molar-refractivity contribution in [1.29, 1.82) is 0 Å². The highest BCUT2D eigenvalue weighted by Gasteiger charge is 2.15. The number of hydrogen-bond acceptors (Lipinski definition) is 2. The van der Waals surface area contributed by atoms with Crippen LogP contribution in [0.4, 0.5) is 5.69 Å². The van der Waals surface area contributed by atoms with Crippen molar-refractivity contribution in [3.8, 4) is 0 Å². The van der Waals surface area contributed by atoms with E-state index in [2.05, 4.69) is 49.5 Å². The van der Waals surface area contributed by atoms with Gasteiger partial charge in [0.05, 0.1) is 11.9 Å². The van der Waals surface area contributed by atoms with Gasteiger partial charge in [-0.15, -0.1) is 0 Å². The molecular weight excluding hydrogens is 246 g/mol. The minimum Gasteiger partial charge on any atom is -0.342 e. The Kier molecular flexibility index (Phi) is 3.98. The molecule has 1 aromatic heterocycles. The summed E-state index contributed by atoms with van der Waals surface area (Å²) in [4.78, 5) is 2.11. The van der Waals surface area contributed by atoms with Gasteiger partial charge in [0.2, 0.25) is 0 Å². The van der Waals surface area contributed by atoms with Crippen molar-refractivity contribution in [3.05, 3.63) is 53.4 Å². The molecule has 3 heteroatoms. The lowest BCUT2D eigenvalue weighted by molar-refractivity contribution is 0.767. The minimum atomic E-state index is 1.02. The van der Waals surface area contributed by atoms with Crippen LogP contribution in [0.2, 0.25) is 0 Å². The van der Waals surface area contributed by atoms with Crippen LogP contribution in [0.25, 0.3) is 5.70 Å². The molecular formula is C17H23N3. The fourth-order valence-electron chi connectivity index (χ4n) is 2.63. The lowest BCUT2D eigenvalue weighted by atomic mass is 9.93. The Morgan fingerprint density at radius 2 is 1.95 bits per heavy atom. The third-order valence-electron chi connectivity index (χ3n) is 3.88. The number of rotatable bonds is 4. The molecule has 3 nitrogen and oxygen atoms in total. The van der Waals surface area contributed by atoms with Gasteiger partial charge in [0.1, 0.15) is 0 Å². The smallest absolute Gasteiger partial charge is 0.0794 e. The molecule has 20 heavy (non-hydrogen) atoms. The minimum absolute atomic E-state index is 1.02. The van der Waals surface area contributed by atoms with Crippen molar-refractivity contribution < 1.29 is 0 Å². The standard InChI is InChI=1S/C17H23N3/c1-7-16-12(2)8-9-13(3)17(16)14(4)20(6)15-10-18-19(5)11-15/h8-11H,4,7H2,1-3,5-6H3. The monoisotopic (exact) mass is 269 g/mol. The molecule has 0 spiro atoms. The van der Waals surface area contributed by atoms with Crippen LogP contribution in [-0.4, -0.2) is 16.8 Å². The van der Waals surface area contributed by atoms with Crippen LogP contribution in [-0.2, 0) is 13.5 Å². The topological polar surface area (TPSA) is 21.1 Å². The van der Waals surface area contributed by atoms with E-state index in [-0.39, 0.29) is 0 Å². The van der Waals surface area contributed by atoms with E-state index in [1.54, 1.807) is 0 Å². The van der Waals surface area contributed by atoms with Gasteiger partial charge < -0.3 is 4.90 Å². The summed E-state index contributed by atoms with van der Waals surface area (Å²) < 4.78 is 1.81. The maximum atomic E-state index is 4.31. The van der Waals surface area contributed by atoms with E-state index in [1.165, 1.54) is 22.3 Å². The van der Waals surface area contributed by atoms with E-state index in [0.717, 1.165) is 17.8 Å². The zero-order valence-electron chi connectivity index (χ0n) is 13.1. The largest absolute Gasteiger partial charge is 0.342 e. The Morgan fingerprint density at radius 1 is 1.30 bits per heavy atom. The maximum absolute atomic E-state index is 4.31. The zero-order chi connectivity index (χ0) is 14.9. The lowest BCUT2D eigenvalue weighted by Gasteiger charge is -2.24. The van der Waals surface area contributed by atoms with Crippen LogP contribution in [0.1, 0.15) is 29.2 Å². The first-order valence-corrected chi connectivity index (χ1v) is 6.96. The Bertz CT molecular complexity index is 638. The highest BCUT2D eigenvalue weighted by atomic mass is 15.3. The summed E-state index contributed by atoms with van der Waals surface area (Å²) in [5.74, 6) is 0. The van der Waals surface area contributed by atoms with Crippen molar-refractivity contribution >= 4 is 11.4 Å². The zero-order valence-corrected chi connectivity index (χ0v) is 13.1. The predicted molar refractivity (Wildman–Crippen MR) is 85.9 cm³/mol. The van der Waals surface area contributed by atoms with Gasteiger partial charge in [-0.3, -0.25) is 4.68 Å². The summed E-state index contributed by atoms with van der Waals surface area (Å²) in [6, 6.07) is 4.36. The number of aromatic nitrogens is 2. The molecule has 1 aromatic carbocycles. The van der Waals surface area contributed by atoms with Crippen molar-refractivity contribution in [2.45, 2.75) is 27.2 Å². The molecule has 0 atom stereocenters. The molecule has 0 amide bonds. The summed E-state index contributed by atoms with van der Waals surface area (Å²) >= 11 is 0.